The molecule has 6 heteroatoms. The van der Waals surface area contributed by atoms with Gasteiger partial charge in [-0.25, -0.2) is 9.78 Å². The molecule has 16 heavy (non-hydrogen) atoms. The number of rotatable bonds is 5. The monoisotopic (exact) mass is 245 g/mol. The summed E-state index contributed by atoms with van der Waals surface area (Å²) in [5, 5.41) is 4.92. The molecule has 1 amide bonds. The Bertz CT molecular complexity index is 265. The molecular weight excluding hydrogens is 226 g/mol. The number of nitrogens with two attached hydrogens (primary N) is 1. The Balaban J connectivity index is 0.00000106. The lowest BCUT2D eigenvalue weighted by Crippen LogP contribution is -2.14. The quantitative estimate of drug-likeness (QED) is 0.781. The van der Waals surface area contributed by atoms with Crippen LogP contribution in [-0.4, -0.2) is 24.7 Å². The van der Waals surface area contributed by atoms with Crippen molar-refractivity contribution in [1.82, 2.24) is 4.98 Å². The van der Waals surface area contributed by atoms with E-state index >= 15 is 0 Å². The van der Waals surface area contributed by atoms with Crippen molar-refractivity contribution in [3.63, 3.8) is 0 Å². The molecule has 0 atom stereocenters. The average Bonchev–Trinajstić information content (AvgIpc) is 2.80. The molecule has 0 aliphatic heterocycles. The summed E-state index contributed by atoms with van der Waals surface area (Å²) in [6.45, 7) is 2.58. The first-order valence-corrected chi connectivity index (χ1v) is 6.12. The van der Waals surface area contributed by atoms with Gasteiger partial charge in [0.25, 0.3) is 0 Å². The molecule has 92 valence electrons. The van der Waals surface area contributed by atoms with Crippen molar-refractivity contribution < 1.29 is 9.53 Å². The zero-order valence-corrected chi connectivity index (χ0v) is 10.5. The fourth-order valence-corrected chi connectivity index (χ4v) is 1.44. The molecule has 0 saturated carbocycles. The minimum absolute atomic E-state index is 0.420. The third-order valence-electron chi connectivity index (χ3n) is 1.62. The number of hydrogen-bond donors (Lipinski definition) is 2. The highest BCUT2D eigenvalue weighted by Gasteiger charge is 2.03. The van der Waals surface area contributed by atoms with Gasteiger partial charge in [0.05, 0.1) is 6.61 Å². The molecule has 1 aromatic rings. The normalized spacial score (nSPS) is 8.94. The van der Waals surface area contributed by atoms with E-state index in [0.717, 1.165) is 19.3 Å². The third kappa shape index (κ3) is 7.19. The van der Waals surface area contributed by atoms with Gasteiger partial charge in [-0.05, 0) is 13.5 Å². The lowest BCUT2D eigenvalue weighted by Gasteiger charge is -2.03. The average molecular weight is 245 g/mol. The number of hydrogen-bond acceptors (Lipinski definition) is 5. The van der Waals surface area contributed by atoms with E-state index < -0.39 is 6.09 Å². The molecule has 5 nitrogen and oxygen atoms in total. The van der Waals surface area contributed by atoms with Gasteiger partial charge in [0, 0.05) is 11.6 Å². The maximum atomic E-state index is 11.1. The summed E-state index contributed by atoms with van der Waals surface area (Å²) >= 11 is 1.37. The first-order chi connectivity index (χ1) is 7.83. The van der Waals surface area contributed by atoms with Crippen LogP contribution >= 0.6 is 11.3 Å². The summed E-state index contributed by atoms with van der Waals surface area (Å²) < 4.78 is 4.93. The van der Waals surface area contributed by atoms with E-state index in [1.165, 1.54) is 18.4 Å². The zero-order chi connectivity index (χ0) is 12.2. The van der Waals surface area contributed by atoms with Crippen LogP contribution in [0.3, 0.4) is 0 Å². The molecule has 0 aliphatic carbocycles. The van der Waals surface area contributed by atoms with E-state index in [9.17, 15) is 4.79 Å². The van der Waals surface area contributed by atoms with E-state index in [1.807, 2.05) is 0 Å². The number of carbonyl (C=O) groups is 1. The standard InChI is InChI=1S/C9H14N2O2S.CH5N/c1-2-3-4-6-13-9(12)11-8-10-5-7-14-8;1-2/h5,7H,2-4,6H2,1H3,(H,10,11,12);2H2,1H3. The predicted molar refractivity (Wildman–Crippen MR) is 66.7 cm³/mol. The molecule has 0 aliphatic rings. The Morgan fingerprint density at radius 1 is 1.56 bits per heavy atom. The van der Waals surface area contributed by atoms with Crippen LogP contribution in [0.5, 0.6) is 0 Å². The summed E-state index contributed by atoms with van der Waals surface area (Å²) in [7, 11) is 1.50. The number of amides is 1. The van der Waals surface area contributed by atoms with Crippen LogP contribution in [-0.2, 0) is 4.74 Å². The van der Waals surface area contributed by atoms with Crippen LogP contribution in [0.15, 0.2) is 11.6 Å². The van der Waals surface area contributed by atoms with Crippen LogP contribution < -0.4 is 11.1 Å². The SMILES string of the molecule is CCCCCOC(=O)Nc1nccs1.CN. The fourth-order valence-electron chi connectivity index (χ4n) is 0.925. The molecule has 0 unspecified atom stereocenters. The molecule has 0 aromatic carbocycles. The summed E-state index contributed by atoms with van der Waals surface area (Å²) in [6, 6.07) is 0. The molecule has 0 radical (unpaired) electrons. The molecule has 0 bridgehead atoms. The molecule has 1 heterocycles. The molecule has 0 spiro atoms. The maximum Gasteiger partial charge on any atom is 0.413 e. The number of aromatic nitrogens is 1. The van der Waals surface area contributed by atoms with E-state index in [4.69, 9.17) is 4.74 Å². The number of thiazole rings is 1. The van der Waals surface area contributed by atoms with Crippen molar-refractivity contribution in [3.8, 4) is 0 Å². The zero-order valence-electron chi connectivity index (χ0n) is 9.73. The van der Waals surface area contributed by atoms with Gasteiger partial charge in [-0.2, -0.15) is 0 Å². The number of unbranched alkanes of at least 4 members (excludes halogenated alkanes) is 2. The molecular formula is C10H19N3O2S. The van der Waals surface area contributed by atoms with Crippen molar-refractivity contribution in [2.45, 2.75) is 26.2 Å². The molecule has 1 aromatic heterocycles. The van der Waals surface area contributed by atoms with Gasteiger partial charge in [-0.1, -0.05) is 19.8 Å². The Morgan fingerprint density at radius 2 is 2.31 bits per heavy atom. The fraction of sp³-hybridized carbons (Fsp3) is 0.600. The number of anilines is 1. The number of nitrogens with zero attached hydrogens (tertiary/aromatic N) is 1. The molecule has 0 fully saturated rings. The van der Waals surface area contributed by atoms with Crippen molar-refractivity contribution in [2.75, 3.05) is 19.0 Å². The van der Waals surface area contributed by atoms with Gasteiger partial charge in [-0.3, -0.25) is 5.32 Å². The van der Waals surface area contributed by atoms with E-state index in [1.54, 1.807) is 11.6 Å². The Kier molecular flexibility index (Phi) is 9.64. The minimum atomic E-state index is -0.420. The third-order valence-corrected chi connectivity index (χ3v) is 2.31. The number of nitrogens with one attached hydrogen (secondary N) is 1. The van der Waals surface area contributed by atoms with Crippen molar-refractivity contribution in [3.05, 3.63) is 11.6 Å². The Labute approximate surface area is 100 Å². The summed E-state index contributed by atoms with van der Waals surface area (Å²) in [5.41, 5.74) is 4.50. The second-order valence-corrected chi connectivity index (χ2v) is 3.70. The first kappa shape index (κ1) is 14.9. The van der Waals surface area contributed by atoms with Crippen LogP contribution in [0, 0.1) is 0 Å². The highest BCUT2D eigenvalue weighted by Crippen LogP contribution is 2.10. The van der Waals surface area contributed by atoms with Gasteiger partial charge >= 0.3 is 6.09 Å². The van der Waals surface area contributed by atoms with E-state index in [2.05, 4.69) is 23.0 Å². The smallest absolute Gasteiger partial charge is 0.413 e. The van der Waals surface area contributed by atoms with Crippen LogP contribution in [0.4, 0.5) is 9.93 Å². The van der Waals surface area contributed by atoms with Crippen LogP contribution in [0.2, 0.25) is 0 Å². The van der Waals surface area contributed by atoms with Crippen molar-refractivity contribution in [2.24, 2.45) is 5.73 Å². The topological polar surface area (TPSA) is 77.2 Å². The largest absolute Gasteiger partial charge is 0.449 e. The van der Waals surface area contributed by atoms with E-state index in [-0.39, 0.29) is 0 Å². The lowest BCUT2D eigenvalue weighted by atomic mass is 10.3. The van der Waals surface area contributed by atoms with Gasteiger partial charge in [0.2, 0.25) is 0 Å². The van der Waals surface area contributed by atoms with Crippen molar-refractivity contribution in [1.29, 1.82) is 0 Å². The van der Waals surface area contributed by atoms with Gasteiger partial charge in [-0.15, -0.1) is 11.3 Å². The number of carbonyl (C=O) groups excluding carboxylic acids is 1. The summed E-state index contributed by atoms with van der Waals surface area (Å²) in [6.07, 6.45) is 4.34. The molecule has 1 rings (SSSR count). The highest BCUT2D eigenvalue weighted by atomic mass is 32.1. The van der Waals surface area contributed by atoms with Crippen LogP contribution in [0.25, 0.3) is 0 Å². The highest BCUT2D eigenvalue weighted by molar-refractivity contribution is 7.13. The van der Waals surface area contributed by atoms with Gasteiger partial charge < -0.3 is 10.5 Å². The molecule has 0 saturated heterocycles. The first-order valence-electron chi connectivity index (χ1n) is 5.24. The second kappa shape index (κ2) is 10.4. The second-order valence-electron chi connectivity index (χ2n) is 2.81. The molecule has 3 N–H and O–H groups in total. The summed E-state index contributed by atoms with van der Waals surface area (Å²) in [4.78, 5) is 15.0. The lowest BCUT2D eigenvalue weighted by molar-refractivity contribution is 0.159. The van der Waals surface area contributed by atoms with Gasteiger partial charge in [0.15, 0.2) is 5.13 Å². The summed E-state index contributed by atoms with van der Waals surface area (Å²) in [5.74, 6) is 0. The predicted octanol–water partition coefficient (Wildman–Crippen LogP) is 2.46. The number of ether oxygens (including phenoxy) is 1. The minimum Gasteiger partial charge on any atom is -0.449 e. The van der Waals surface area contributed by atoms with E-state index in [0.29, 0.717) is 11.7 Å². The van der Waals surface area contributed by atoms with Crippen LogP contribution in [0.1, 0.15) is 26.2 Å². The van der Waals surface area contributed by atoms with Gasteiger partial charge in [0.1, 0.15) is 0 Å². The maximum absolute atomic E-state index is 11.1. The Hall–Kier alpha value is -1.14. The van der Waals surface area contributed by atoms with Crippen molar-refractivity contribution >= 4 is 22.6 Å². The Morgan fingerprint density at radius 3 is 2.88 bits per heavy atom.